The molecule has 6 heteroatoms. The van der Waals surface area contributed by atoms with Gasteiger partial charge in [-0.15, -0.1) is 0 Å². The lowest BCUT2D eigenvalue weighted by atomic mass is 10.2. The van der Waals surface area contributed by atoms with Crippen LogP contribution in [-0.4, -0.2) is 22.4 Å². The van der Waals surface area contributed by atoms with Crippen molar-refractivity contribution in [3.8, 4) is 5.75 Å². The smallest absolute Gasteiger partial charge is 0.323 e. The van der Waals surface area contributed by atoms with Crippen molar-refractivity contribution in [3.63, 3.8) is 0 Å². The first-order valence-corrected chi connectivity index (χ1v) is 5.26. The number of benzene rings is 1. The number of amides is 1. The molecule has 2 aromatic rings. The molecule has 0 aliphatic rings. The van der Waals surface area contributed by atoms with Crippen LogP contribution in [0.3, 0.4) is 0 Å². The summed E-state index contributed by atoms with van der Waals surface area (Å²) in [5.74, 6) is 0.612. The highest BCUT2D eigenvalue weighted by molar-refractivity contribution is 5.99. The molecule has 0 spiro atoms. The second kappa shape index (κ2) is 4.80. The zero-order valence-electron chi connectivity index (χ0n) is 9.59. The van der Waals surface area contributed by atoms with Gasteiger partial charge < -0.3 is 10.5 Å². The highest BCUT2D eigenvalue weighted by Gasteiger charge is 2.12. The Labute approximate surface area is 103 Å². The van der Waals surface area contributed by atoms with Gasteiger partial charge in [-0.25, -0.2) is 4.79 Å². The number of fused-ring (bicyclic) bond motifs is 1. The predicted octanol–water partition coefficient (Wildman–Crippen LogP) is 1.93. The number of carbonyl (C=O) groups excluding carboxylic acids is 1. The molecule has 0 bridgehead atoms. The van der Waals surface area contributed by atoms with E-state index in [2.05, 4.69) is 6.58 Å². The van der Waals surface area contributed by atoms with E-state index >= 15 is 0 Å². The third-order valence-corrected chi connectivity index (χ3v) is 2.50. The Hall–Kier alpha value is -2.47. The Kier molecular flexibility index (Phi) is 3.20. The third-order valence-electron chi connectivity index (χ3n) is 2.50. The van der Waals surface area contributed by atoms with Crippen LogP contribution < -0.4 is 16.0 Å². The first-order valence-electron chi connectivity index (χ1n) is 5.26. The van der Waals surface area contributed by atoms with Crippen molar-refractivity contribution in [1.29, 1.82) is 0 Å². The molecular weight excluding hydrogens is 234 g/mol. The Balaban J connectivity index is 2.54. The number of nitrogens with zero attached hydrogens (tertiary/aromatic N) is 1. The largest absolute Gasteiger partial charge is 0.490 e. The minimum atomic E-state index is -0.624. The quantitative estimate of drug-likeness (QED) is 0.569. The number of nitrogens with two attached hydrogens (primary N) is 1. The number of hydrogen-bond donors (Lipinski definition) is 3. The number of carbonyl (C=O) groups is 1. The summed E-state index contributed by atoms with van der Waals surface area (Å²) in [4.78, 5) is 11.2. The summed E-state index contributed by atoms with van der Waals surface area (Å²) >= 11 is 0. The Morgan fingerprint density at radius 3 is 3.00 bits per heavy atom. The van der Waals surface area contributed by atoms with Gasteiger partial charge in [0.1, 0.15) is 12.4 Å². The molecule has 0 unspecified atom stereocenters. The maximum Gasteiger partial charge on any atom is 0.323 e. The summed E-state index contributed by atoms with van der Waals surface area (Å²) in [7, 11) is 0. The van der Waals surface area contributed by atoms with E-state index in [9.17, 15) is 4.79 Å². The normalized spacial score (nSPS) is 10.3. The van der Waals surface area contributed by atoms with Crippen LogP contribution in [0.25, 0.3) is 10.9 Å². The topological polar surface area (TPSA) is 89.5 Å². The van der Waals surface area contributed by atoms with Gasteiger partial charge in [0.05, 0.1) is 11.2 Å². The van der Waals surface area contributed by atoms with E-state index in [-0.39, 0.29) is 0 Å². The van der Waals surface area contributed by atoms with Crippen molar-refractivity contribution in [2.45, 2.75) is 0 Å². The highest BCUT2D eigenvalue weighted by Crippen LogP contribution is 2.29. The Morgan fingerprint density at radius 1 is 1.61 bits per heavy atom. The Bertz CT molecular complexity index is 604. The Morgan fingerprint density at radius 2 is 2.39 bits per heavy atom. The van der Waals surface area contributed by atoms with E-state index in [0.717, 1.165) is 0 Å². The summed E-state index contributed by atoms with van der Waals surface area (Å²) in [6.07, 6.45) is 3.05. The lowest BCUT2D eigenvalue weighted by molar-refractivity contribution is 0.251. The summed E-state index contributed by atoms with van der Waals surface area (Å²) in [5.41, 5.74) is 8.23. The van der Waals surface area contributed by atoms with E-state index in [1.165, 1.54) is 10.8 Å². The van der Waals surface area contributed by atoms with Gasteiger partial charge >= 0.3 is 6.03 Å². The van der Waals surface area contributed by atoms with E-state index in [1.54, 1.807) is 24.3 Å². The lowest BCUT2D eigenvalue weighted by Gasteiger charge is -2.04. The standard InChI is InChI=1S/C12H13N3O3/c1-2-5-18-8-3-4-11-9(6-8)10(14-17)7-15(11)12(13)16/h2-4,6-7,14,17H,1,5H2,(H2,13,16). The van der Waals surface area contributed by atoms with Crippen LogP contribution in [0.1, 0.15) is 0 Å². The fourth-order valence-electron chi connectivity index (χ4n) is 1.73. The fraction of sp³-hybridized carbons (Fsp3) is 0.0833. The second-order valence-corrected chi connectivity index (χ2v) is 3.64. The molecule has 4 N–H and O–H groups in total. The molecule has 94 valence electrons. The lowest BCUT2D eigenvalue weighted by Crippen LogP contribution is -2.18. The van der Waals surface area contributed by atoms with Crippen LogP contribution >= 0.6 is 0 Å². The average Bonchev–Trinajstić information content (AvgIpc) is 2.74. The number of primary amides is 1. The van der Waals surface area contributed by atoms with Gasteiger partial charge in [0.25, 0.3) is 0 Å². The van der Waals surface area contributed by atoms with Gasteiger partial charge in [-0.05, 0) is 18.2 Å². The molecule has 1 amide bonds. The van der Waals surface area contributed by atoms with Crippen LogP contribution in [0.4, 0.5) is 10.5 Å². The van der Waals surface area contributed by atoms with Crippen LogP contribution in [0, 0.1) is 0 Å². The molecule has 0 saturated carbocycles. The number of ether oxygens (including phenoxy) is 1. The van der Waals surface area contributed by atoms with E-state index in [1.807, 2.05) is 5.48 Å². The van der Waals surface area contributed by atoms with Gasteiger partial charge in [-0.3, -0.25) is 15.3 Å². The summed E-state index contributed by atoms with van der Waals surface area (Å²) in [6, 6.07) is 4.49. The van der Waals surface area contributed by atoms with Gasteiger partial charge in [-0.2, -0.15) is 0 Å². The maximum absolute atomic E-state index is 11.2. The van der Waals surface area contributed by atoms with Crippen LogP contribution in [0.5, 0.6) is 5.75 Å². The summed E-state index contributed by atoms with van der Waals surface area (Å²) in [5, 5.41) is 9.66. The molecule has 1 heterocycles. The zero-order chi connectivity index (χ0) is 13.1. The number of nitrogens with one attached hydrogen (secondary N) is 1. The van der Waals surface area contributed by atoms with Crippen molar-refractivity contribution < 1.29 is 14.7 Å². The molecule has 0 fully saturated rings. The van der Waals surface area contributed by atoms with Gasteiger partial charge in [0.2, 0.25) is 0 Å². The van der Waals surface area contributed by atoms with E-state index < -0.39 is 6.03 Å². The molecule has 0 atom stereocenters. The number of anilines is 1. The average molecular weight is 247 g/mol. The van der Waals surface area contributed by atoms with E-state index in [0.29, 0.717) is 28.9 Å². The molecule has 1 aromatic carbocycles. The van der Waals surface area contributed by atoms with Gasteiger partial charge in [-0.1, -0.05) is 12.7 Å². The van der Waals surface area contributed by atoms with Crippen molar-refractivity contribution in [1.82, 2.24) is 4.57 Å². The van der Waals surface area contributed by atoms with Crippen molar-refractivity contribution in [3.05, 3.63) is 37.1 Å². The number of aromatic nitrogens is 1. The van der Waals surface area contributed by atoms with Crippen molar-refractivity contribution in [2.75, 3.05) is 12.1 Å². The van der Waals surface area contributed by atoms with Crippen LogP contribution in [0.15, 0.2) is 37.1 Å². The minimum absolute atomic E-state index is 0.379. The zero-order valence-corrected chi connectivity index (χ0v) is 9.59. The second-order valence-electron chi connectivity index (χ2n) is 3.64. The first kappa shape index (κ1) is 12.0. The first-order chi connectivity index (χ1) is 8.67. The molecule has 1 aromatic heterocycles. The van der Waals surface area contributed by atoms with Crippen LogP contribution in [0.2, 0.25) is 0 Å². The predicted molar refractivity (Wildman–Crippen MR) is 68.0 cm³/mol. The molecule has 18 heavy (non-hydrogen) atoms. The highest BCUT2D eigenvalue weighted by atomic mass is 16.5. The number of rotatable bonds is 4. The van der Waals surface area contributed by atoms with Gasteiger partial charge in [0.15, 0.2) is 0 Å². The molecule has 2 rings (SSSR count). The molecule has 0 radical (unpaired) electrons. The summed E-state index contributed by atoms with van der Waals surface area (Å²) < 4.78 is 6.62. The maximum atomic E-state index is 11.2. The molecule has 0 aliphatic heterocycles. The third kappa shape index (κ3) is 2.01. The minimum Gasteiger partial charge on any atom is -0.490 e. The summed E-state index contributed by atoms with van der Waals surface area (Å²) in [6.45, 7) is 3.94. The van der Waals surface area contributed by atoms with Crippen LogP contribution in [-0.2, 0) is 0 Å². The SMILES string of the molecule is C=CCOc1ccc2c(c1)c(NO)cn2C(N)=O. The molecule has 0 aliphatic carbocycles. The molecular formula is C12H13N3O3. The number of hydrogen-bond acceptors (Lipinski definition) is 4. The monoisotopic (exact) mass is 247 g/mol. The van der Waals surface area contributed by atoms with Crippen molar-refractivity contribution in [2.24, 2.45) is 5.73 Å². The van der Waals surface area contributed by atoms with E-state index in [4.69, 9.17) is 15.7 Å². The fourth-order valence-corrected chi connectivity index (χ4v) is 1.73. The molecule has 0 saturated heterocycles. The van der Waals surface area contributed by atoms with Crippen molar-refractivity contribution >= 4 is 22.6 Å². The molecule has 6 nitrogen and oxygen atoms in total. The van der Waals surface area contributed by atoms with Gasteiger partial charge in [0, 0.05) is 11.6 Å².